The Morgan fingerprint density at radius 3 is 2.95 bits per heavy atom. The molecule has 2 heterocycles. The summed E-state index contributed by atoms with van der Waals surface area (Å²) in [6.45, 7) is 1.74. The van der Waals surface area contributed by atoms with Crippen molar-refractivity contribution in [1.29, 1.82) is 0 Å². The lowest BCUT2D eigenvalue weighted by atomic mass is 10.3. The fraction of sp³-hybridized carbons (Fsp3) is 0.200. The van der Waals surface area contributed by atoms with Crippen molar-refractivity contribution in [1.82, 2.24) is 10.2 Å². The number of carbonyl (C=O) groups excluding carboxylic acids is 1. The number of carbonyl (C=O) groups is 2. The van der Waals surface area contributed by atoms with E-state index in [2.05, 4.69) is 15.5 Å². The van der Waals surface area contributed by atoms with Gasteiger partial charge in [0.1, 0.15) is 12.0 Å². The van der Waals surface area contributed by atoms with Crippen LogP contribution in [0.5, 0.6) is 0 Å². The van der Waals surface area contributed by atoms with Crippen LogP contribution in [0.3, 0.4) is 0 Å². The van der Waals surface area contributed by atoms with Crippen molar-refractivity contribution >= 4 is 40.1 Å². The van der Waals surface area contributed by atoms with Crippen LogP contribution in [0.1, 0.15) is 16.1 Å². The zero-order valence-corrected chi connectivity index (χ0v) is 11.4. The number of amides is 1. The molecule has 19 heavy (non-hydrogen) atoms. The summed E-state index contributed by atoms with van der Waals surface area (Å²) >= 11 is 2.17. The van der Waals surface area contributed by atoms with Crippen molar-refractivity contribution in [3.05, 3.63) is 23.7 Å². The molecule has 0 unspecified atom stereocenters. The zero-order valence-electron chi connectivity index (χ0n) is 9.74. The number of anilines is 1. The number of thioether (sulfide) groups is 1. The minimum Gasteiger partial charge on any atom is -0.481 e. The Morgan fingerprint density at radius 1 is 1.53 bits per heavy atom. The molecule has 2 aromatic rings. The highest BCUT2D eigenvalue weighted by atomic mass is 32.2. The van der Waals surface area contributed by atoms with E-state index in [0.717, 1.165) is 23.1 Å². The van der Waals surface area contributed by atoms with E-state index in [1.165, 1.54) is 6.26 Å². The van der Waals surface area contributed by atoms with Crippen LogP contribution >= 0.6 is 23.1 Å². The Bertz CT molecular complexity index is 607. The first-order valence-electron chi connectivity index (χ1n) is 5.09. The van der Waals surface area contributed by atoms with Crippen molar-refractivity contribution in [2.75, 3.05) is 11.1 Å². The molecule has 0 saturated heterocycles. The Labute approximate surface area is 116 Å². The van der Waals surface area contributed by atoms with Gasteiger partial charge in [0.2, 0.25) is 5.13 Å². The van der Waals surface area contributed by atoms with E-state index >= 15 is 0 Å². The monoisotopic (exact) mass is 299 g/mol. The summed E-state index contributed by atoms with van der Waals surface area (Å²) in [6.07, 6.45) is 1.35. The number of aromatic nitrogens is 2. The maximum absolute atomic E-state index is 11.8. The summed E-state index contributed by atoms with van der Waals surface area (Å²) in [5.41, 5.74) is 0.396. The standard InChI is InChI=1S/C10H9N3O4S2/c1-5-2-6(3-17-5)8(16)11-9-12-13-10(19-9)18-4-7(14)15/h2-3H,4H2,1H3,(H,14,15)(H,11,12,16). The van der Waals surface area contributed by atoms with Gasteiger partial charge in [-0.3, -0.25) is 14.9 Å². The van der Waals surface area contributed by atoms with Crippen molar-refractivity contribution in [2.24, 2.45) is 0 Å². The van der Waals surface area contributed by atoms with E-state index in [0.29, 0.717) is 20.8 Å². The van der Waals surface area contributed by atoms with Gasteiger partial charge in [0.15, 0.2) is 4.34 Å². The summed E-state index contributed by atoms with van der Waals surface area (Å²) in [6, 6.07) is 1.61. The minimum atomic E-state index is -0.931. The van der Waals surface area contributed by atoms with Gasteiger partial charge in [0.25, 0.3) is 5.91 Å². The van der Waals surface area contributed by atoms with Gasteiger partial charge in [0, 0.05) is 0 Å². The van der Waals surface area contributed by atoms with Crippen molar-refractivity contribution in [3.63, 3.8) is 0 Å². The average molecular weight is 299 g/mol. The molecular formula is C10H9N3O4S2. The Balaban J connectivity index is 1.96. The van der Waals surface area contributed by atoms with Gasteiger partial charge in [-0.05, 0) is 13.0 Å². The van der Waals surface area contributed by atoms with Crippen LogP contribution in [-0.2, 0) is 4.79 Å². The minimum absolute atomic E-state index is 0.0937. The molecule has 0 saturated carbocycles. The second kappa shape index (κ2) is 5.85. The van der Waals surface area contributed by atoms with Crippen LogP contribution in [0.4, 0.5) is 5.13 Å². The van der Waals surface area contributed by atoms with Gasteiger partial charge in [-0.1, -0.05) is 23.1 Å². The van der Waals surface area contributed by atoms with Crippen LogP contribution < -0.4 is 5.32 Å². The predicted molar refractivity (Wildman–Crippen MR) is 69.7 cm³/mol. The number of rotatable bonds is 5. The largest absolute Gasteiger partial charge is 0.481 e. The summed E-state index contributed by atoms with van der Waals surface area (Å²) in [5.74, 6) is -0.730. The van der Waals surface area contributed by atoms with Crippen LogP contribution in [0.25, 0.3) is 0 Å². The molecule has 0 atom stereocenters. The highest BCUT2D eigenvalue weighted by molar-refractivity contribution is 8.01. The second-order valence-electron chi connectivity index (χ2n) is 3.46. The van der Waals surface area contributed by atoms with E-state index in [1.54, 1.807) is 13.0 Å². The van der Waals surface area contributed by atoms with E-state index in [1.807, 2.05) is 0 Å². The van der Waals surface area contributed by atoms with Gasteiger partial charge in [-0.25, -0.2) is 0 Å². The molecule has 0 fully saturated rings. The number of hydrogen-bond acceptors (Lipinski definition) is 7. The van der Waals surface area contributed by atoms with Crippen molar-refractivity contribution in [3.8, 4) is 0 Å². The molecule has 0 bridgehead atoms. The first-order valence-corrected chi connectivity index (χ1v) is 6.89. The van der Waals surface area contributed by atoms with Crippen LogP contribution in [0.15, 0.2) is 21.1 Å². The summed E-state index contributed by atoms with van der Waals surface area (Å²) in [7, 11) is 0. The second-order valence-corrected chi connectivity index (χ2v) is 5.66. The first-order chi connectivity index (χ1) is 9.04. The van der Waals surface area contributed by atoms with E-state index in [4.69, 9.17) is 9.52 Å². The average Bonchev–Trinajstić information content (AvgIpc) is 2.95. The third-order valence-electron chi connectivity index (χ3n) is 1.94. The van der Waals surface area contributed by atoms with Gasteiger partial charge >= 0.3 is 5.97 Å². The smallest absolute Gasteiger partial charge is 0.313 e. The maximum atomic E-state index is 11.8. The number of aliphatic carboxylic acids is 1. The van der Waals surface area contributed by atoms with E-state index in [-0.39, 0.29) is 11.7 Å². The van der Waals surface area contributed by atoms with Gasteiger partial charge in [-0.15, -0.1) is 10.2 Å². The Kier molecular flexibility index (Phi) is 4.17. The first kappa shape index (κ1) is 13.6. The number of carboxylic acid groups (broad SMARTS) is 1. The van der Waals surface area contributed by atoms with E-state index in [9.17, 15) is 9.59 Å². The fourth-order valence-electron chi connectivity index (χ4n) is 1.17. The van der Waals surface area contributed by atoms with Crippen LogP contribution in [0, 0.1) is 6.92 Å². The molecule has 100 valence electrons. The molecule has 9 heteroatoms. The number of aryl methyl sites for hydroxylation is 1. The lowest BCUT2D eigenvalue weighted by Gasteiger charge is -1.95. The normalized spacial score (nSPS) is 10.4. The molecule has 0 aliphatic rings. The van der Waals surface area contributed by atoms with Crippen LogP contribution in [0.2, 0.25) is 0 Å². The highest BCUT2D eigenvalue weighted by Crippen LogP contribution is 2.25. The number of carboxylic acids is 1. The third-order valence-corrected chi connectivity index (χ3v) is 3.90. The van der Waals surface area contributed by atoms with Crippen molar-refractivity contribution < 1.29 is 19.1 Å². The zero-order chi connectivity index (χ0) is 13.8. The Hall–Kier alpha value is -1.87. The van der Waals surface area contributed by atoms with Gasteiger partial charge in [0.05, 0.1) is 11.3 Å². The molecule has 0 aliphatic carbocycles. The summed E-state index contributed by atoms with van der Waals surface area (Å²) < 4.78 is 5.52. The van der Waals surface area contributed by atoms with Crippen molar-refractivity contribution in [2.45, 2.75) is 11.3 Å². The summed E-state index contributed by atoms with van der Waals surface area (Å²) in [5, 5.41) is 18.9. The van der Waals surface area contributed by atoms with Gasteiger partial charge in [-0.2, -0.15) is 0 Å². The number of hydrogen-bond donors (Lipinski definition) is 2. The Morgan fingerprint density at radius 2 is 2.32 bits per heavy atom. The lowest BCUT2D eigenvalue weighted by molar-refractivity contribution is -0.133. The summed E-state index contributed by atoms with van der Waals surface area (Å²) in [4.78, 5) is 22.2. The topological polar surface area (TPSA) is 105 Å². The molecule has 2 N–H and O–H groups in total. The lowest BCUT2D eigenvalue weighted by Crippen LogP contribution is -2.10. The molecular weight excluding hydrogens is 290 g/mol. The maximum Gasteiger partial charge on any atom is 0.313 e. The SMILES string of the molecule is Cc1cc(C(=O)Nc2nnc(SCC(=O)O)s2)co1. The molecule has 0 spiro atoms. The molecule has 2 rings (SSSR count). The number of nitrogens with one attached hydrogen (secondary N) is 1. The molecule has 0 radical (unpaired) electrons. The van der Waals surface area contributed by atoms with E-state index < -0.39 is 5.97 Å². The molecule has 0 aliphatic heterocycles. The highest BCUT2D eigenvalue weighted by Gasteiger charge is 2.12. The van der Waals surface area contributed by atoms with Crippen LogP contribution in [-0.4, -0.2) is 32.9 Å². The number of furan rings is 1. The molecule has 2 aromatic heterocycles. The molecule has 1 amide bonds. The fourth-order valence-corrected chi connectivity index (χ4v) is 2.64. The number of nitrogens with zero attached hydrogens (tertiary/aromatic N) is 2. The molecule has 0 aromatic carbocycles. The molecule has 7 nitrogen and oxygen atoms in total. The third kappa shape index (κ3) is 3.80. The van der Waals surface area contributed by atoms with Gasteiger partial charge < -0.3 is 9.52 Å². The predicted octanol–water partition coefficient (Wildman–Crippen LogP) is 1.87. The quantitative estimate of drug-likeness (QED) is 0.641.